The van der Waals surface area contributed by atoms with Crippen LogP contribution in [0.4, 0.5) is 0 Å². The fourth-order valence-corrected chi connectivity index (χ4v) is 3.39. The van der Waals surface area contributed by atoms with Gasteiger partial charge in [0.15, 0.2) is 0 Å². The number of likely N-dealkylation sites (tertiary alicyclic amines) is 1. The molecule has 1 saturated heterocycles. The van der Waals surface area contributed by atoms with Crippen LogP contribution < -0.4 is 10.1 Å². The van der Waals surface area contributed by atoms with Crippen molar-refractivity contribution < 1.29 is 9.53 Å². The molecule has 1 aliphatic heterocycles. The third-order valence-electron chi connectivity index (χ3n) is 4.82. The summed E-state index contributed by atoms with van der Waals surface area (Å²) in [6.45, 7) is 3.75. The second kappa shape index (κ2) is 9.15. The Bertz CT molecular complexity index is 838. The van der Waals surface area contributed by atoms with Crippen molar-refractivity contribution in [3.63, 3.8) is 0 Å². The van der Waals surface area contributed by atoms with Gasteiger partial charge in [0, 0.05) is 30.4 Å². The van der Waals surface area contributed by atoms with E-state index in [1.54, 1.807) is 24.4 Å². The van der Waals surface area contributed by atoms with Crippen LogP contribution in [0.2, 0.25) is 0 Å². The summed E-state index contributed by atoms with van der Waals surface area (Å²) in [5, 5.41) is 12.4. The van der Waals surface area contributed by atoms with E-state index in [9.17, 15) is 10.1 Å². The molecule has 1 amide bonds. The highest BCUT2D eigenvalue weighted by atomic mass is 16.5. The van der Waals surface area contributed by atoms with Gasteiger partial charge in [0.1, 0.15) is 11.6 Å². The maximum Gasteiger partial charge on any atom is 0.251 e. The number of hydrogen-bond acceptors (Lipinski definition) is 5. The predicted octanol–water partition coefficient (Wildman–Crippen LogP) is 2.84. The normalized spacial score (nSPS) is 14.4. The van der Waals surface area contributed by atoms with E-state index < -0.39 is 0 Å². The molecule has 0 radical (unpaired) electrons. The molecule has 2 heterocycles. The predicted molar refractivity (Wildman–Crippen MR) is 104 cm³/mol. The third kappa shape index (κ3) is 4.63. The van der Waals surface area contributed by atoms with Crippen LogP contribution in [0.3, 0.4) is 0 Å². The minimum absolute atomic E-state index is 0.103. The number of nitrogens with zero attached hydrogens (tertiary/aromatic N) is 3. The Morgan fingerprint density at radius 3 is 2.85 bits per heavy atom. The Morgan fingerprint density at radius 1 is 1.30 bits per heavy atom. The number of piperidine rings is 1. The SMILES string of the molecule is COc1nccc(-c2cccc(C(=O)NCCN3CCCCC3)c2)c1C#N. The van der Waals surface area contributed by atoms with Gasteiger partial charge in [-0.3, -0.25) is 4.79 Å². The lowest BCUT2D eigenvalue weighted by Crippen LogP contribution is -2.37. The number of carbonyl (C=O) groups is 1. The van der Waals surface area contributed by atoms with Gasteiger partial charge in [-0.05, 0) is 49.7 Å². The van der Waals surface area contributed by atoms with Crippen LogP contribution in [-0.2, 0) is 0 Å². The molecule has 0 atom stereocenters. The number of nitriles is 1. The fraction of sp³-hybridized carbons (Fsp3) is 0.381. The van der Waals surface area contributed by atoms with Crippen LogP contribution in [0.25, 0.3) is 11.1 Å². The zero-order valence-corrected chi connectivity index (χ0v) is 15.6. The number of methoxy groups -OCH3 is 1. The molecule has 0 saturated carbocycles. The minimum Gasteiger partial charge on any atom is -0.480 e. The monoisotopic (exact) mass is 364 g/mol. The lowest BCUT2D eigenvalue weighted by Gasteiger charge is -2.26. The number of nitrogens with one attached hydrogen (secondary N) is 1. The summed E-state index contributed by atoms with van der Waals surface area (Å²) in [7, 11) is 1.49. The number of carbonyl (C=O) groups excluding carboxylic acids is 1. The van der Waals surface area contributed by atoms with Gasteiger partial charge in [-0.15, -0.1) is 0 Å². The van der Waals surface area contributed by atoms with Gasteiger partial charge in [-0.25, -0.2) is 4.98 Å². The molecule has 27 heavy (non-hydrogen) atoms. The van der Waals surface area contributed by atoms with Crippen molar-refractivity contribution in [2.24, 2.45) is 0 Å². The molecule has 0 bridgehead atoms. The van der Waals surface area contributed by atoms with Crippen molar-refractivity contribution in [2.45, 2.75) is 19.3 Å². The van der Waals surface area contributed by atoms with Crippen LogP contribution in [0.1, 0.15) is 35.2 Å². The minimum atomic E-state index is -0.103. The first kappa shape index (κ1) is 18.9. The Labute approximate surface area is 159 Å². The summed E-state index contributed by atoms with van der Waals surface area (Å²) in [5.41, 5.74) is 2.43. The molecule has 0 aliphatic carbocycles. The van der Waals surface area contributed by atoms with Gasteiger partial charge in [-0.2, -0.15) is 5.26 Å². The lowest BCUT2D eigenvalue weighted by atomic mass is 10.00. The van der Waals surface area contributed by atoms with Crippen LogP contribution in [0.15, 0.2) is 36.5 Å². The van der Waals surface area contributed by atoms with Crippen LogP contribution in [-0.4, -0.2) is 49.1 Å². The van der Waals surface area contributed by atoms with E-state index in [4.69, 9.17) is 4.74 Å². The highest BCUT2D eigenvalue weighted by Gasteiger charge is 2.14. The fourth-order valence-electron chi connectivity index (χ4n) is 3.39. The molecule has 3 rings (SSSR count). The molecule has 1 fully saturated rings. The van der Waals surface area contributed by atoms with Gasteiger partial charge in [0.2, 0.25) is 5.88 Å². The topological polar surface area (TPSA) is 78.2 Å². The highest BCUT2D eigenvalue weighted by Crippen LogP contribution is 2.28. The molecule has 6 nitrogen and oxygen atoms in total. The Kier molecular flexibility index (Phi) is 6.39. The molecular weight excluding hydrogens is 340 g/mol. The molecule has 2 aromatic rings. The van der Waals surface area contributed by atoms with E-state index in [1.807, 2.05) is 12.1 Å². The second-order valence-corrected chi connectivity index (χ2v) is 6.59. The molecule has 6 heteroatoms. The van der Waals surface area contributed by atoms with Crippen molar-refractivity contribution in [1.29, 1.82) is 5.26 Å². The number of hydrogen-bond donors (Lipinski definition) is 1. The van der Waals surface area contributed by atoms with Crippen molar-refractivity contribution >= 4 is 5.91 Å². The average molecular weight is 364 g/mol. The summed E-state index contributed by atoms with van der Waals surface area (Å²) in [6.07, 6.45) is 5.39. The summed E-state index contributed by atoms with van der Waals surface area (Å²) in [6, 6.07) is 11.2. The van der Waals surface area contributed by atoms with E-state index in [-0.39, 0.29) is 11.8 Å². The number of benzene rings is 1. The number of rotatable bonds is 6. The average Bonchev–Trinajstić information content (AvgIpc) is 2.73. The number of ether oxygens (including phenoxy) is 1. The van der Waals surface area contributed by atoms with Crippen molar-refractivity contribution in [3.8, 4) is 23.1 Å². The van der Waals surface area contributed by atoms with E-state index >= 15 is 0 Å². The van der Waals surface area contributed by atoms with Crippen molar-refractivity contribution in [1.82, 2.24) is 15.2 Å². The maximum absolute atomic E-state index is 12.5. The van der Waals surface area contributed by atoms with Crippen molar-refractivity contribution in [3.05, 3.63) is 47.7 Å². The molecular formula is C21H24N4O2. The standard InChI is InChI=1S/C21H24N4O2/c1-27-21-19(15-22)18(8-9-24-21)16-6-5-7-17(14-16)20(26)23-10-13-25-11-3-2-4-12-25/h5-9,14H,2-4,10-13H2,1H3,(H,23,26). The Morgan fingerprint density at radius 2 is 2.11 bits per heavy atom. The zero-order valence-electron chi connectivity index (χ0n) is 15.6. The number of pyridine rings is 1. The largest absolute Gasteiger partial charge is 0.480 e. The van der Waals surface area contributed by atoms with Crippen molar-refractivity contribution in [2.75, 3.05) is 33.3 Å². The van der Waals surface area contributed by atoms with Crippen LogP contribution in [0.5, 0.6) is 5.88 Å². The van der Waals surface area contributed by atoms with E-state index in [1.165, 1.54) is 26.4 Å². The van der Waals surface area contributed by atoms with Gasteiger partial charge >= 0.3 is 0 Å². The smallest absolute Gasteiger partial charge is 0.251 e. The molecule has 1 aromatic carbocycles. The Balaban J connectivity index is 1.70. The zero-order chi connectivity index (χ0) is 19.1. The lowest BCUT2D eigenvalue weighted by molar-refractivity contribution is 0.0946. The van der Waals surface area contributed by atoms with Gasteiger partial charge in [-0.1, -0.05) is 18.6 Å². The van der Waals surface area contributed by atoms with Gasteiger partial charge in [0.25, 0.3) is 5.91 Å². The van der Waals surface area contributed by atoms with Gasteiger partial charge < -0.3 is 15.0 Å². The molecule has 1 aliphatic rings. The third-order valence-corrected chi connectivity index (χ3v) is 4.82. The van der Waals surface area contributed by atoms with E-state index in [2.05, 4.69) is 21.3 Å². The maximum atomic E-state index is 12.5. The number of aromatic nitrogens is 1. The summed E-state index contributed by atoms with van der Waals surface area (Å²) >= 11 is 0. The summed E-state index contributed by atoms with van der Waals surface area (Å²) in [4.78, 5) is 19.0. The van der Waals surface area contributed by atoms with Crippen LogP contribution >= 0.6 is 0 Å². The summed E-state index contributed by atoms with van der Waals surface area (Å²) < 4.78 is 5.17. The molecule has 0 unspecified atom stereocenters. The highest BCUT2D eigenvalue weighted by molar-refractivity contribution is 5.95. The summed E-state index contributed by atoms with van der Waals surface area (Å²) in [5.74, 6) is 0.180. The van der Waals surface area contributed by atoms with E-state index in [0.717, 1.165) is 25.2 Å². The van der Waals surface area contributed by atoms with Gasteiger partial charge in [0.05, 0.1) is 7.11 Å². The van der Waals surface area contributed by atoms with Crippen LogP contribution in [0, 0.1) is 11.3 Å². The first-order chi connectivity index (χ1) is 13.2. The molecule has 1 aromatic heterocycles. The Hall–Kier alpha value is -2.91. The number of amides is 1. The molecule has 1 N–H and O–H groups in total. The first-order valence-corrected chi connectivity index (χ1v) is 9.27. The molecule has 0 spiro atoms. The quantitative estimate of drug-likeness (QED) is 0.853. The van der Waals surface area contributed by atoms with E-state index in [0.29, 0.717) is 23.2 Å². The first-order valence-electron chi connectivity index (χ1n) is 9.27. The molecule has 140 valence electrons. The second-order valence-electron chi connectivity index (χ2n) is 6.59.